The summed E-state index contributed by atoms with van der Waals surface area (Å²) in [7, 11) is 0. The van der Waals surface area contributed by atoms with Crippen LogP contribution in [-0.2, 0) is 12.6 Å². The third kappa shape index (κ3) is 41.5. The molecule has 0 amide bonds. The van der Waals surface area contributed by atoms with Gasteiger partial charge in [0.15, 0.2) is 0 Å². The minimum absolute atomic E-state index is 0. The van der Waals surface area contributed by atoms with Gasteiger partial charge in [0, 0.05) is 13.1 Å². The van der Waals surface area contributed by atoms with Crippen molar-refractivity contribution < 1.29 is 61.6 Å². The van der Waals surface area contributed by atoms with E-state index in [2.05, 4.69) is 35.9 Å². The zero-order chi connectivity index (χ0) is 9.11. The van der Waals surface area contributed by atoms with Gasteiger partial charge in [-0.25, -0.2) is 0 Å². The molecule has 0 aromatic rings. The molecule has 0 fully saturated rings. The second kappa shape index (κ2) is 18.4. The Balaban J connectivity index is -0.000000142. The van der Waals surface area contributed by atoms with Crippen LogP contribution in [0.5, 0.6) is 0 Å². The number of nitrogens with two attached hydrogens (primary N) is 1. The molecule has 0 saturated heterocycles. The van der Waals surface area contributed by atoms with Gasteiger partial charge >= 0.3 is 51.4 Å². The van der Waals surface area contributed by atoms with Gasteiger partial charge in [0.1, 0.15) is 0 Å². The van der Waals surface area contributed by atoms with Crippen LogP contribution < -0.4 is 62.4 Å². The summed E-state index contributed by atoms with van der Waals surface area (Å²) >= 11 is 8.26. The average Bonchev–Trinajstić information content (AvgIpc) is 1.88. The monoisotopic (exact) mass is 236 g/mol. The molecule has 0 unspecified atom stereocenters. The minimum Gasteiger partial charge on any atom is -0.415 e. The van der Waals surface area contributed by atoms with Crippen molar-refractivity contribution in [3.63, 3.8) is 0 Å². The molecular weight excluding hydrogens is 223 g/mol. The van der Waals surface area contributed by atoms with Crippen LogP contribution in [0, 0.1) is 0 Å². The molecule has 0 heterocycles. The molecule has 0 aliphatic heterocycles. The SMILES string of the molecule is NC(=S)[S-].OCCNCCO.[K+]. The van der Waals surface area contributed by atoms with Crippen molar-refractivity contribution in [2.24, 2.45) is 5.73 Å². The summed E-state index contributed by atoms with van der Waals surface area (Å²) in [5.41, 5.74) is 4.66. The molecule has 0 aromatic heterocycles. The zero-order valence-corrected chi connectivity index (χ0v) is 11.9. The maximum Gasteiger partial charge on any atom is 1.00 e. The number of rotatable bonds is 4. The van der Waals surface area contributed by atoms with Crippen LogP contribution in [0.2, 0.25) is 0 Å². The summed E-state index contributed by atoms with van der Waals surface area (Å²) in [6.07, 6.45) is 0. The standard InChI is InChI=1S/C4H11NO2.CH3NS2.K/c6-3-1-5-2-4-7;2-1(3)4;/h5-7H,1-4H2;(H3,2,3,4);/q;;+1/p-1. The first-order chi connectivity index (χ1) is 5.15. The van der Waals surface area contributed by atoms with Crippen molar-refractivity contribution in [1.82, 2.24) is 5.32 Å². The molecule has 0 saturated carbocycles. The molecule has 7 heteroatoms. The Morgan fingerprint density at radius 1 is 1.33 bits per heavy atom. The topological polar surface area (TPSA) is 78.5 Å². The quantitative estimate of drug-likeness (QED) is 0.170. The number of aliphatic hydroxyl groups excluding tert-OH is 2. The van der Waals surface area contributed by atoms with Gasteiger partial charge in [0.25, 0.3) is 0 Å². The first-order valence-electron chi connectivity index (χ1n) is 3.04. The summed E-state index contributed by atoms with van der Waals surface area (Å²) in [6.45, 7) is 1.42. The van der Waals surface area contributed by atoms with Crippen molar-refractivity contribution in [3.05, 3.63) is 0 Å². The summed E-state index contributed by atoms with van der Waals surface area (Å²) in [6, 6.07) is 0. The maximum absolute atomic E-state index is 8.15. The van der Waals surface area contributed by atoms with Crippen molar-refractivity contribution in [3.8, 4) is 0 Å². The van der Waals surface area contributed by atoms with Crippen LogP contribution in [0.1, 0.15) is 0 Å². The predicted octanol–water partition coefficient (Wildman–Crippen LogP) is -4.66. The van der Waals surface area contributed by atoms with Crippen LogP contribution in [0.15, 0.2) is 0 Å². The Hall–Kier alpha value is 1.63. The van der Waals surface area contributed by atoms with Gasteiger partial charge in [-0.2, -0.15) is 0 Å². The van der Waals surface area contributed by atoms with Gasteiger partial charge in [-0.1, -0.05) is 4.32 Å². The molecule has 0 atom stereocenters. The Labute approximate surface area is 126 Å². The van der Waals surface area contributed by atoms with E-state index in [9.17, 15) is 0 Å². The molecule has 0 rings (SSSR count). The van der Waals surface area contributed by atoms with Crippen molar-refractivity contribution in [2.75, 3.05) is 26.3 Å². The fraction of sp³-hybridized carbons (Fsp3) is 0.800. The maximum atomic E-state index is 8.15. The molecular formula is C5H13KN2O2S2. The summed E-state index contributed by atoms with van der Waals surface area (Å²) < 4.78 is 0.0833. The minimum atomic E-state index is 0. The van der Waals surface area contributed by atoms with E-state index in [4.69, 9.17) is 10.2 Å². The van der Waals surface area contributed by atoms with Crippen LogP contribution >= 0.6 is 12.2 Å². The predicted molar refractivity (Wildman–Crippen MR) is 51.2 cm³/mol. The molecule has 4 nitrogen and oxygen atoms in total. The van der Waals surface area contributed by atoms with Crippen molar-refractivity contribution >= 4 is 29.2 Å². The molecule has 0 aromatic carbocycles. The number of aliphatic hydroxyl groups is 2. The van der Waals surface area contributed by atoms with E-state index in [1.807, 2.05) is 0 Å². The fourth-order valence-electron chi connectivity index (χ4n) is 0.283. The van der Waals surface area contributed by atoms with Crippen molar-refractivity contribution in [2.45, 2.75) is 0 Å². The Kier molecular flexibility index (Phi) is 29.5. The molecule has 12 heavy (non-hydrogen) atoms. The van der Waals surface area contributed by atoms with E-state index in [0.29, 0.717) is 13.1 Å². The van der Waals surface area contributed by atoms with Crippen molar-refractivity contribution in [1.29, 1.82) is 0 Å². The van der Waals surface area contributed by atoms with Crippen LogP contribution in [0.3, 0.4) is 0 Å². The van der Waals surface area contributed by atoms with Gasteiger partial charge in [-0.15, -0.1) is 0 Å². The molecule has 68 valence electrons. The van der Waals surface area contributed by atoms with E-state index in [-0.39, 0.29) is 68.9 Å². The number of hydrogen-bond acceptors (Lipinski definition) is 5. The third-order valence-corrected chi connectivity index (χ3v) is 0.577. The van der Waals surface area contributed by atoms with Gasteiger partial charge in [0.2, 0.25) is 0 Å². The Morgan fingerprint density at radius 2 is 1.58 bits per heavy atom. The second-order valence-electron chi connectivity index (χ2n) is 1.52. The summed E-state index contributed by atoms with van der Waals surface area (Å²) in [5, 5.41) is 19.1. The largest absolute Gasteiger partial charge is 1.00 e. The smallest absolute Gasteiger partial charge is 0.415 e. The number of hydrogen-bond donors (Lipinski definition) is 4. The summed E-state index contributed by atoms with van der Waals surface area (Å²) in [4.78, 5) is 0. The van der Waals surface area contributed by atoms with Gasteiger partial charge in [0.05, 0.1) is 13.2 Å². The Bertz CT molecular complexity index is 89.5. The normalized spacial score (nSPS) is 7.50. The third-order valence-electron chi connectivity index (χ3n) is 0.577. The van der Waals surface area contributed by atoms with Gasteiger partial charge in [-0.3, -0.25) is 0 Å². The molecule has 0 bridgehead atoms. The van der Waals surface area contributed by atoms with E-state index < -0.39 is 0 Å². The number of thiocarbonyl (C=S) groups is 1. The first kappa shape index (κ1) is 19.2. The zero-order valence-electron chi connectivity index (χ0n) is 7.12. The molecule has 0 aliphatic rings. The van der Waals surface area contributed by atoms with Crippen LogP contribution in [0.25, 0.3) is 0 Å². The average molecular weight is 236 g/mol. The van der Waals surface area contributed by atoms with E-state index in [0.717, 1.165) is 0 Å². The van der Waals surface area contributed by atoms with Crippen LogP contribution in [-0.4, -0.2) is 40.8 Å². The fourth-order valence-corrected chi connectivity index (χ4v) is 0.283. The van der Waals surface area contributed by atoms with E-state index >= 15 is 0 Å². The molecule has 0 spiro atoms. The van der Waals surface area contributed by atoms with E-state index in [1.165, 1.54) is 0 Å². The van der Waals surface area contributed by atoms with Gasteiger partial charge in [-0.05, 0) is 0 Å². The number of nitrogens with one attached hydrogen (secondary N) is 1. The molecule has 0 aliphatic carbocycles. The first-order valence-corrected chi connectivity index (χ1v) is 3.85. The van der Waals surface area contributed by atoms with E-state index in [1.54, 1.807) is 0 Å². The van der Waals surface area contributed by atoms with Crippen LogP contribution in [0.4, 0.5) is 0 Å². The second-order valence-corrected chi connectivity index (χ2v) is 2.65. The molecule has 0 radical (unpaired) electrons. The Morgan fingerprint density at radius 3 is 1.75 bits per heavy atom. The van der Waals surface area contributed by atoms with Gasteiger partial charge < -0.3 is 46.1 Å². The molecule has 5 N–H and O–H groups in total. The summed E-state index contributed by atoms with van der Waals surface area (Å²) in [5.74, 6) is 0.